The number of ketones is 1. The van der Waals surface area contributed by atoms with Crippen molar-refractivity contribution in [3.05, 3.63) is 11.6 Å². The van der Waals surface area contributed by atoms with Crippen molar-refractivity contribution in [1.29, 1.82) is 0 Å². The van der Waals surface area contributed by atoms with E-state index in [9.17, 15) is 14.7 Å². The third-order valence-corrected chi connectivity index (χ3v) is 17.5. The predicted molar refractivity (Wildman–Crippen MR) is 216 cm³/mol. The maximum atomic E-state index is 14.0. The fourth-order valence-corrected chi connectivity index (χ4v) is 13.9. The van der Waals surface area contributed by atoms with Gasteiger partial charge in [-0.3, -0.25) is 9.59 Å². The van der Waals surface area contributed by atoms with Gasteiger partial charge < -0.3 is 9.84 Å². The molecule has 0 aromatic rings. The zero-order valence-electron chi connectivity index (χ0n) is 35.7. The fraction of sp³-hybridized carbons (Fsp3) is 0.917. The van der Waals surface area contributed by atoms with E-state index in [0.717, 1.165) is 70.6 Å². The van der Waals surface area contributed by atoms with Gasteiger partial charge in [0.2, 0.25) is 0 Å². The minimum absolute atomic E-state index is 0.0416. The molecule has 0 unspecified atom stereocenters. The summed E-state index contributed by atoms with van der Waals surface area (Å²) in [6.45, 7) is 21.7. The molecule has 5 aliphatic carbocycles. The summed E-state index contributed by atoms with van der Waals surface area (Å²) in [5.74, 6) is 1.23. The van der Waals surface area contributed by atoms with Crippen molar-refractivity contribution in [3.8, 4) is 0 Å². The number of carbonyl (C=O) groups excluding carboxylic acids is 2. The number of hydrogen-bond donors (Lipinski definition) is 1. The van der Waals surface area contributed by atoms with E-state index >= 15 is 0 Å². The van der Waals surface area contributed by atoms with Gasteiger partial charge >= 0.3 is 5.97 Å². The Morgan fingerprint density at radius 3 is 1.88 bits per heavy atom. The number of allylic oxidation sites excluding steroid dienone is 2. The molecule has 8 atom stereocenters. The number of ether oxygens (including phenoxy) is 1. The summed E-state index contributed by atoms with van der Waals surface area (Å²) in [5.41, 5.74) is -0.0608. The molecule has 0 spiro atoms. The molecule has 4 nitrogen and oxygen atoms in total. The average molecular weight is 723 g/mol. The lowest BCUT2D eigenvalue weighted by atomic mass is 9.32. The Morgan fingerprint density at radius 2 is 1.29 bits per heavy atom. The maximum Gasteiger partial charge on any atom is 0.312 e. The molecular formula is C48H82O4. The number of hydrogen-bond acceptors (Lipinski definition) is 4. The van der Waals surface area contributed by atoms with Gasteiger partial charge in [-0.15, -0.1) is 0 Å². The molecule has 4 fully saturated rings. The Balaban J connectivity index is 1.22. The van der Waals surface area contributed by atoms with Gasteiger partial charge in [0.05, 0.1) is 12.0 Å². The molecule has 0 aromatic heterocycles. The van der Waals surface area contributed by atoms with Crippen LogP contribution in [0.15, 0.2) is 11.6 Å². The molecule has 0 aromatic carbocycles. The Morgan fingerprint density at radius 1 is 0.712 bits per heavy atom. The summed E-state index contributed by atoms with van der Waals surface area (Å²) in [7, 11) is 0. The fourth-order valence-electron chi connectivity index (χ4n) is 13.9. The zero-order valence-corrected chi connectivity index (χ0v) is 35.7. The number of aliphatic hydroxyl groups is 1. The first-order valence-electron chi connectivity index (χ1n) is 22.6. The van der Waals surface area contributed by atoms with Crippen LogP contribution in [0.4, 0.5) is 0 Å². The van der Waals surface area contributed by atoms with Gasteiger partial charge in [0, 0.05) is 11.8 Å². The second kappa shape index (κ2) is 16.1. The zero-order chi connectivity index (χ0) is 38.1. The highest BCUT2D eigenvalue weighted by molar-refractivity contribution is 5.88. The Hall–Kier alpha value is -1.16. The minimum Gasteiger partial charge on any atom is -0.466 e. The van der Waals surface area contributed by atoms with Crippen molar-refractivity contribution in [2.75, 3.05) is 6.61 Å². The van der Waals surface area contributed by atoms with Gasteiger partial charge in [-0.25, -0.2) is 0 Å². The molecule has 0 aliphatic heterocycles. The standard InChI is InChI=1S/C48H82O4/c1-10-12-13-14-15-16-17-18-19-20-21-22-23-24-40(49)48(51)34-30-44(7)38(43(48,5)6)27-28-46(9)39(44)26-25-36-37-35-42(3,4)29-32-47(37,41(50)52-11-2)33-31-45(36,46)8/h25,37-39,51H,10-24,26-35H2,1-9H3/t37-,38-,39+,44-,45+,46+,47-,48+/m0/s1. The second-order valence-electron chi connectivity index (χ2n) is 21.1. The molecule has 52 heavy (non-hydrogen) atoms. The topological polar surface area (TPSA) is 63.6 Å². The Bertz CT molecular complexity index is 1280. The molecule has 1 N–H and O–H groups in total. The molecule has 5 rings (SSSR count). The van der Waals surface area contributed by atoms with Crippen LogP contribution in [-0.2, 0) is 14.3 Å². The number of unbranched alkanes of at least 4 members (excludes halogenated alkanes) is 12. The van der Waals surface area contributed by atoms with Crippen molar-refractivity contribution in [1.82, 2.24) is 0 Å². The molecule has 5 aliphatic rings. The van der Waals surface area contributed by atoms with Gasteiger partial charge in [-0.1, -0.05) is 144 Å². The lowest BCUT2D eigenvalue weighted by Crippen LogP contribution is -2.68. The third-order valence-electron chi connectivity index (χ3n) is 17.5. The van der Waals surface area contributed by atoms with Crippen molar-refractivity contribution in [2.45, 2.75) is 222 Å². The smallest absolute Gasteiger partial charge is 0.312 e. The highest BCUT2D eigenvalue weighted by Gasteiger charge is 2.71. The van der Waals surface area contributed by atoms with Gasteiger partial charge in [-0.05, 0) is 117 Å². The van der Waals surface area contributed by atoms with Crippen LogP contribution in [-0.4, -0.2) is 29.1 Å². The first kappa shape index (κ1) is 42.0. The van der Waals surface area contributed by atoms with E-state index in [4.69, 9.17) is 4.74 Å². The van der Waals surface area contributed by atoms with Gasteiger partial charge in [0.1, 0.15) is 5.60 Å². The molecular weight excluding hydrogens is 641 g/mol. The van der Waals surface area contributed by atoms with Crippen molar-refractivity contribution < 1.29 is 19.4 Å². The third kappa shape index (κ3) is 7.29. The predicted octanol–water partition coefficient (Wildman–Crippen LogP) is 13.1. The van der Waals surface area contributed by atoms with E-state index in [1.807, 2.05) is 6.92 Å². The highest BCUT2D eigenvalue weighted by atomic mass is 16.5. The monoisotopic (exact) mass is 723 g/mol. The molecule has 0 bridgehead atoms. The van der Waals surface area contributed by atoms with E-state index in [0.29, 0.717) is 31.3 Å². The molecule has 0 radical (unpaired) electrons. The van der Waals surface area contributed by atoms with E-state index in [-0.39, 0.29) is 44.7 Å². The van der Waals surface area contributed by atoms with Gasteiger partial charge in [-0.2, -0.15) is 0 Å². The first-order valence-corrected chi connectivity index (χ1v) is 22.6. The summed E-state index contributed by atoms with van der Waals surface area (Å²) in [5, 5.41) is 12.4. The molecule has 4 saturated carbocycles. The van der Waals surface area contributed by atoms with Crippen molar-refractivity contribution >= 4 is 11.8 Å². The van der Waals surface area contributed by atoms with E-state index < -0.39 is 11.0 Å². The van der Waals surface area contributed by atoms with Crippen LogP contribution >= 0.6 is 0 Å². The largest absolute Gasteiger partial charge is 0.466 e. The lowest BCUT2D eigenvalue weighted by molar-refractivity contribution is -0.231. The number of fused-ring (bicyclic) bond motifs is 7. The molecule has 0 amide bonds. The Kier molecular flexibility index (Phi) is 13.0. The summed E-state index contributed by atoms with van der Waals surface area (Å²) < 4.78 is 5.85. The molecule has 0 saturated heterocycles. The van der Waals surface area contributed by atoms with Crippen molar-refractivity contribution in [2.24, 2.45) is 50.2 Å². The molecule has 298 valence electrons. The number of carbonyl (C=O) groups is 2. The minimum atomic E-state index is -1.24. The first-order chi connectivity index (χ1) is 24.5. The van der Waals surface area contributed by atoms with Crippen LogP contribution in [0.5, 0.6) is 0 Å². The van der Waals surface area contributed by atoms with Crippen molar-refractivity contribution in [3.63, 3.8) is 0 Å². The van der Waals surface area contributed by atoms with Crippen LogP contribution in [0.2, 0.25) is 0 Å². The quantitative estimate of drug-likeness (QED) is 0.0922. The SMILES string of the molecule is CCCCCCCCCCCCCCCC(=O)[C@]1(O)CC[C@]2(C)[C@H]3CC=C4[C@@H]5CC(C)(C)CC[C@]5(C(=O)OCC)CC[C@@]4(C)[C@]3(C)CC[C@H]2C1(C)C. The van der Waals surface area contributed by atoms with Gasteiger partial charge in [0.25, 0.3) is 0 Å². The summed E-state index contributed by atoms with van der Waals surface area (Å²) in [6.07, 6.45) is 29.8. The van der Waals surface area contributed by atoms with Crippen LogP contribution < -0.4 is 0 Å². The molecule has 4 heteroatoms. The van der Waals surface area contributed by atoms with Crippen LogP contribution in [0.3, 0.4) is 0 Å². The summed E-state index contributed by atoms with van der Waals surface area (Å²) in [6, 6.07) is 0. The van der Waals surface area contributed by atoms with Crippen LogP contribution in [0, 0.1) is 50.2 Å². The number of esters is 1. The van der Waals surface area contributed by atoms with Crippen LogP contribution in [0.1, 0.15) is 216 Å². The molecule has 0 heterocycles. The van der Waals surface area contributed by atoms with E-state index in [2.05, 4.69) is 61.5 Å². The lowest BCUT2D eigenvalue weighted by Gasteiger charge is -2.72. The van der Waals surface area contributed by atoms with E-state index in [1.165, 1.54) is 70.6 Å². The second-order valence-corrected chi connectivity index (χ2v) is 21.1. The highest BCUT2D eigenvalue weighted by Crippen LogP contribution is 2.76. The number of rotatable bonds is 17. The average Bonchev–Trinajstić information content (AvgIpc) is 3.08. The normalized spacial score (nSPS) is 39.0. The number of Topliss-reactive ketones (excluding diaryl/α,β-unsaturated/α-hetero) is 1. The summed E-state index contributed by atoms with van der Waals surface area (Å²) >= 11 is 0. The summed E-state index contributed by atoms with van der Waals surface area (Å²) in [4.78, 5) is 27.8. The maximum absolute atomic E-state index is 14.0. The van der Waals surface area contributed by atoms with E-state index in [1.54, 1.807) is 5.57 Å². The van der Waals surface area contributed by atoms with Gasteiger partial charge in [0.15, 0.2) is 5.78 Å². The van der Waals surface area contributed by atoms with Crippen LogP contribution in [0.25, 0.3) is 0 Å². The Labute approximate surface area is 320 Å².